The van der Waals surface area contributed by atoms with Gasteiger partial charge in [-0.3, -0.25) is 29.4 Å². The number of esters is 1. The molecule has 1 saturated heterocycles. The second kappa shape index (κ2) is 9.35. The van der Waals surface area contributed by atoms with E-state index in [1.54, 1.807) is 31.3 Å². The number of benzene rings is 1. The van der Waals surface area contributed by atoms with E-state index < -0.39 is 16.1 Å². The fourth-order valence-electron chi connectivity index (χ4n) is 2.73. The van der Waals surface area contributed by atoms with Crippen molar-refractivity contribution in [2.45, 2.75) is 19.8 Å². The molecule has 30 heavy (non-hydrogen) atoms. The van der Waals surface area contributed by atoms with Crippen LogP contribution in [0.3, 0.4) is 0 Å². The average Bonchev–Trinajstić information content (AvgIpc) is 3.28. The summed E-state index contributed by atoms with van der Waals surface area (Å²) < 4.78 is 6.34. The quantitative estimate of drug-likeness (QED) is 0.271. The Morgan fingerprint density at radius 2 is 2.00 bits per heavy atom. The number of nitro groups is 1. The van der Waals surface area contributed by atoms with Crippen LogP contribution in [-0.2, 0) is 14.3 Å². The number of carbonyl (C=O) groups excluding carboxylic acids is 3. The molecule has 2 amide bonds. The number of imide groups is 1. The monoisotopic (exact) mass is 430 g/mol. The molecule has 2 aromatic rings. The van der Waals surface area contributed by atoms with E-state index in [9.17, 15) is 24.5 Å². The summed E-state index contributed by atoms with van der Waals surface area (Å²) in [6.07, 6.45) is 3.63. The summed E-state index contributed by atoms with van der Waals surface area (Å²) in [5.41, 5.74) is 1.06. The average molecular weight is 430 g/mol. The first-order valence-corrected chi connectivity index (χ1v) is 9.92. The van der Waals surface area contributed by atoms with Gasteiger partial charge in [-0.1, -0.05) is 0 Å². The van der Waals surface area contributed by atoms with E-state index in [1.165, 1.54) is 22.9 Å². The number of ether oxygens (including phenoxy) is 1. The highest BCUT2D eigenvalue weighted by Gasteiger charge is 2.34. The highest BCUT2D eigenvalue weighted by Crippen LogP contribution is 2.32. The van der Waals surface area contributed by atoms with Gasteiger partial charge in [-0.25, -0.2) is 4.68 Å². The Morgan fingerprint density at radius 3 is 2.67 bits per heavy atom. The minimum absolute atomic E-state index is 0.0252. The van der Waals surface area contributed by atoms with Gasteiger partial charge in [0.05, 0.1) is 27.8 Å². The number of carbonyl (C=O) groups is 3. The second-order valence-corrected chi connectivity index (χ2v) is 7.19. The standard InChI is InChI=1S/C19H18N4O6S/c1-2-29-17(24)4-3-10-21-18(25)16(30-19(21)26)12-13-9-11-22(20-13)14-5-7-15(8-6-14)23(27)28/h5-9,11-12H,2-4,10H2,1H3/b16-12-. The van der Waals surface area contributed by atoms with Crippen LogP contribution in [0.1, 0.15) is 25.5 Å². The van der Waals surface area contributed by atoms with Crippen molar-refractivity contribution >= 4 is 40.6 Å². The third-order valence-electron chi connectivity index (χ3n) is 4.16. The van der Waals surface area contributed by atoms with Gasteiger partial charge in [-0.2, -0.15) is 5.10 Å². The molecule has 3 rings (SSSR count). The molecule has 156 valence electrons. The van der Waals surface area contributed by atoms with E-state index in [0.29, 0.717) is 17.8 Å². The van der Waals surface area contributed by atoms with Crippen LogP contribution in [0.25, 0.3) is 11.8 Å². The summed E-state index contributed by atoms with van der Waals surface area (Å²) in [6.45, 7) is 2.13. The van der Waals surface area contributed by atoms with E-state index in [-0.39, 0.29) is 36.1 Å². The third kappa shape index (κ3) is 4.92. The minimum atomic E-state index is -0.485. The molecule has 1 aliphatic heterocycles. The fourth-order valence-corrected chi connectivity index (χ4v) is 3.58. The van der Waals surface area contributed by atoms with Crippen molar-refractivity contribution in [3.05, 3.63) is 57.2 Å². The Labute approximate surface area is 175 Å². The van der Waals surface area contributed by atoms with E-state index in [0.717, 1.165) is 16.7 Å². The third-order valence-corrected chi connectivity index (χ3v) is 5.06. The molecule has 0 N–H and O–H groups in total. The maximum Gasteiger partial charge on any atom is 0.305 e. The molecule has 2 heterocycles. The fraction of sp³-hybridized carbons (Fsp3) is 0.263. The molecule has 0 spiro atoms. The lowest BCUT2D eigenvalue weighted by Crippen LogP contribution is -2.29. The minimum Gasteiger partial charge on any atom is -0.466 e. The molecule has 0 bridgehead atoms. The number of rotatable bonds is 8. The number of hydrogen-bond donors (Lipinski definition) is 0. The molecular formula is C19H18N4O6S. The first-order chi connectivity index (χ1) is 14.4. The maximum atomic E-state index is 12.5. The smallest absolute Gasteiger partial charge is 0.305 e. The van der Waals surface area contributed by atoms with Gasteiger partial charge < -0.3 is 4.74 Å². The lowest BCUT2D eigenvalue weighted by atomic mass is 10.3. The largest absolute Gasteiger partial charge is 0.466 e. The molecule has 0 atom stereocenters. The number of non-ortho nitro benzene ring substituents is 1. The molecule has 0 saturated carbocycles. The lowest BCUT2D eigenvalue weighted by Gasteiger charge is -2.11. The summed E-state index contributed by atoms with van der Waals surface area (Å²) in [6, 6.07) is 7.53. The number of hydrogen-bond acceptors (Lipinski definition) is 8. The van der Waals surface area contributed by atoms with Gasteiger partial charge in [0.15, 0.2) is 0 Å². The summed E-state index contributed by atoms with van der Waals surface area (Å²) in [5, 5.41) is 14.7. The van der Waals surface area contributed by atoms with Crippen LogP contribution in [0.5, 0.6) is 0 Å². The first kappa shape index (κ1) is 21.2. The van der Waals surface area contributed by atoms with Crippen molar-refractivity contribution in [3.8, 4) is 5.69 Å². The topological polar surface area (TPSA) is 125 Å². The van der Waals surface area contributed by atoms with Gasteiger partial charge in [0.1, 0.15) is 0 Å². The summed E-state index contributed by atoms with van der Waals surface area (Å²) in [5.74, 6) is -0.796. The van der Waals surface area contributed by atoms with Crippen molar-refractivity contribution < 1.29 is 24.0 Å². The Morgan fingerprint density at radius 1 is 1.27 bits per heavy atom. The molecule has 0 aliphatic carbocycles. The Kier molecular flexibility index (Phi) is 6.62. The van der Waals surface area contributed by atoms with Gasteiger partial charge >= 0.3 is 5.97 Å². The maximum absolute atomic E-state index is 12.5. The summed E-state index contributed by atoms with van der Waals surface area (Å²) in [4.78, 5) is 47.6. The number of nitrogens with zero attached hydrogens (tertiary/aromatic N) is 4. The van der Waals surface area contributed by atoms with Crippen LogP contribution < -0.4 is 0 Å². The molecule has 0 radical (unpaired) electrons. The number of amides is 2. The van der Waals surface area contributed by atoms with Crippen molar-refractivity contribution in [3.63, 3.8) is 0 Å². The van der Waals surface area contributed by atoms with Crippen LogP contribution in [-0.4, -0.2) is 49.9 Å². The Bertz CT molecular complexity index is 1010. The van der Waals surface area contributed by atoms with E-state index in [1.807, 2.05) is 0 Å². The first-order valence-electron chi connectivity index (χ1n) is 9.10. The Balaban J connectivity index is 1.66. The van der Waals surface area contributed by atoms with Crippen LogP contribution in [0.15, 0.2) is 41.4 Å². The predicted octanol–water partition coefficient (Wildman–Crippen LogP) is 3.16. The molecule has 10 nitrogen and oxygen atoms in total. The molecule has 1 aliphatic rings. The summed E-state index contributed by atoms with van der Waals surface area (Å²) >= 11 is 0.814. The van der Waals surface area contributed by atoms with Gasteiger partial charge in [0.25, 0.3) is 16.8 Å². The molecule has 1 aromatic heterocycles. The zero-order valence-electron chi connectivity index (χ0n) is 16.0. The van der Waals surface area contributed by atoms with Crippen molar-refractivity contribution in [1.82, 2.24) is 14.7 Å². The molecule has 11 heteroatoms. The zero-order chi connectivity index (χ0) is 21.7. The summed E-state index contributed by atoms with van der Waals surface area (Å²) in [7, 11) is 0. The number of aromatic nitrogens is 2. The lowest BCUT2D eigenvalue weighted by molar-refractivity contribution is -0.384. The van der Waals surface area contributed by atoms with Gasteiger partial charge in [0.2, 0.25) is 0 Å². The molecule has 1 aromatic carbocycles. The predicted molar refractivity (Wildman–Crippen MR) is 109 cm³/mol. The zero-order valence-corrected chi connectivity index (χ0v) is 16.8. The Hall–Kier alpha value is -3.47. The number of nitro benzene ring substituents is 1. The molecule has 1 fully saturated rings. The number of thioether (sulfide) groups is 1. The van der Waals surface area contributed by atoms with Crippen molar-refractivity contribution in [1.29, 1.82) is 0 Å². The SMILES string of the molecule is CCOC(=O)CCCN1C(=O)S/C(=C\c2ccn(-c3ccc([N+](=O)[O-])cc3)n2)C1=O. The van der Waals surface area contributed by atoms with Crippen LogP contribution in [0, 0.1) is 10.1 Å². The molecule has 0 unspecified atom stereocenters. The molecular weight excluding hydrogens is 412 g/mol. The van der Waals surface area contributed by atoms with E-state index in [4.69, 9.17) is 4.74 Å². The highest BCUT2D eigenvalue weighted by atomic mass is 32.2. The van der Waals surface area contributed by atoms with Crippen LogP contribution >= 0.6 is 11.8 Å². The van der Waals surface area contributed by atoms with Crippen molar-refractivity contribution in [2.75, 3.05) is 13.2 Å². The van der Waals surface area contributed by atoms with Gasteiger partial charge in [-0.05, 0) is 49.4 Å². The van der Waals surface area contributed by atoms with Crippen LogP contribution in [0.2, 0.25) is 0 Å². The highest BCUT2D eigenvalue weighted by molar-refractivity contribution is 8.18. The van der Waals surface area contributed by atoms with Crippen molar-refractivity contribution in [2.24, 2.45) is 0 Å². The van der Waals surface area contributed by atoms with E-state index in [2.05, 4.69) is 5.10 Å². The van der Waals surface area contributed by atoms with Gasteiger partial charge in [-0.15, -0.1) is 0 Å². The normalized spacial score (nSPS) is 15.1. The van der Waals surface area contributed by atoms with Gasteiger partial charge in [0, 0.05) is 31.3 Å². The second-order valence-electron chi connectivity index (χ2n) is 6.20. The van der Waals surface area contributed by atoms with E-state index >= 15 is 0 Å². The van der Waals surface area contributed by atoms with Crippen LogP contribution in [0.4, 0.5) is 10.5 Å².